The largest absolute Gasteiger partial charge is 0.147 e. The summed E-state index contributed by atoms with van der Waals surface area (Å²) in [6.07, 6.45) is 3.74. The molecule has 2 aliphatic carbocycles. The Morgan fingerprint density at radius 3 is 1.40 bits per heavy atom. The Bertz CT molecular complexity index is 2160. The minimum Gasteiger partial charge on any atom is -0.147 e. The zero-order valence-corrected chi connectivity index (χ0v) is 35.6. The van der Waals surface area contributed by atoms with E-state index in [1.54, 1.807) is 6.08 Å². The van der Waals surface area contributed by atoms with Gasteiger partial charge in [-0.05, 0) is 0 Å². The molecule has 5 aromatic rings. The van der Waals surface area contributed by atoms with E-state index in [0.717, 1.165) is 40.0 Å². The summed E-state index contributed by atoms with van der Waals surface area (Å²) in [7, 11) is 0. The van der Waals surface area contributed by atoms with Crippen LogP contribution in [0.25, 0.3) is 16.7 Å². The predicted octanol–water partition coefficient (Wildman–Crippen LogP) is 13.1. The molecular formula is C45H41Cl2F5Hf. The Hall–Kier alpha value is -3.45. The fourth-order valence-electron chi connectivity index (χ4n) is 7.50. The second kappa shape index (κ2) is 15.4. The van der Waals surface area contributed by atoms with Crippen molar-refractivity contribution < 1.29 is 42.9 Å². The molecule has 0 nitrogen and oxygen atoms in total. The van der Waals surface area contributed by atoms with Crippen LogP contribution in [0.4, 0.5) is 22.0 Å². The maximum absolute atomic E-state index is 15.8. The van der Waals surface area contributed by atoms with E-state index in [2.05, 4.69) is 102 Å². The number of rotatable bonds is 5. The van der Waals surface area contributed by atoms with E-state index < -0.39 is 55.6 Å². The van der Waals surface area contributed by atoms with Crippen LogP contribution >= 0.6 is 24.8 Å². The molecule has 0 saturated carbocycles. The fraction of sp³-hybridized carbons (Fsp3) is 0.222. The van der Waals surface area contributed by atoms with Crippen molar-refractivity contribution in [3.8, 4) is 11.1 Å². The van der Waals surface area contributed by atoms with Gasteiger partial charge in [-0.2, -0.15) is 0 Å². The van der Waals surface area contributed by atoms with Gasteiger partial charge >= 0.3 is 306 Å². The van der Waals surface area contributed by atoms with Crippen molar-refractivity contribution in [2.45, 2.75) is 62.5 Å². The Kier molecular flexibility index (Phi) is 11.8. The number of benzene rings is 5. The normalized spacial score (nSPS) is 13.7. The molecule has 0 aliphatic heterocycles. The molecule has 7 rings (SSSR count). The smallest absolute Gasteiger partial charge is 0.147 e. The van der Waals surface area contributed by atoms with Crippen LogP contribution in [0.3, 0.4) is 0 Å². The van der Waals surface area contributed by atoms with Crippen molar-refractivity contribution in [2.24, 2.45) is 0 Å². The number of hydrogen-bond donors (Lipinski definition) is 0. The summed E-state index contributed by atoms with van der Waals surface area (Å²) in [4.78, 5) is 0. The summed E-state index contributed by atoms with van der Waals surface area (Å²) in [5, 5.41) is 0. The Morgan fingerprint density at radius 1 is 0.566 bits per heavy atom. The van der Waals surface area contributed by atoms with Crippen LogP contribution in [0.1, 0.15) is 90.6 Å². The van der Waals surface area contributed by atoms with Gasteiger partial charge in [-0.15, -0.1) is 24.8 Å². The molecule has 0 atom stereocenters. The van der Waals surface area contributed by atoms with Crippen LogP contribution in [0, 0.1) is 29.1 Å². The summed E-state index contributed by atoms with van der Waals surface area (Å²) < 4.78 is 77.5. The molecule has 2 aliphatic rings. The molecule has 0 spiro atoms. The van der Waals surface area contributed by atoms with Gasteiger partial charge in [0.05, 0.1) is 0 Å². The molecule has 5 aromatic carbocycles. The molecule has 8 heteroatoms. The monoisotopic (exact) mass is 926 g/mol. The number of allylic oxidation sites excluding steroid dienone is 4. The summed E-state index contributed by atoms with van der Waals surface area (Å²) in [5.41, 5.74) is 7.84. The molecule has 0 amide bonds. The molecular weight excluding hydrogens is 885 g/mol. The summed E-state index contributed by atoms with van der Waals surface area (Å²) >= 11 is -3.96. The van der Waals surface area contributed by atoms with Crippen LogP contribution in [-0.4, -0.2) is 3.26 Å². The van der Waals surface area contributed by atoms with Crippen molar-refractivity contribution >= 4 is 33.6 Å². The van der Waals surface area contributed by atoms with Crippen LogP contribution < -0.4 is 0 Å². The first-order chi connectivity index (χ1) is 24.2. The van der Waals surface area contributed by atoms with Crippen molar-refractivity contribution in [1.29, 1.82) is 0 Å². The van der Waals surface area contributed by atoms with Crippen molar-refractivity contribution in [3.05, 3.63) is 181 Å². The van der Waals surface area contributed by atoms with Crippen molar-refractivity contribution in [1.82, 2.24) is 0 Å². The number of halogens is 7. The molecule has 0 unspecified atom stereocenters. The quantitative estimate of drug-likeness (QED) is 0.0713. The van der Waals surface area contributed by atoms with Gasteiger partial charge in [-0.3, -0.25) is 0 Å². The third-order valence-electron chi connectivity index (χ3n) is 10.2. The third-order valence-corrected chi connectivity index (χ3v) is 22.5. The number of fused-ring (bicyclic) bond motifs is 3. The van der Waals surface area contributed by atoms with Crippen LogP contribution in [0.15, 0.2) is 113 Å². The van der Waals surface area contributed by atoms with Crippen molar-refractivity contribution in [2.75, 3.05) is 0 Å². The number of hydrogen-bond acceptors (Lipinski definition) is 0. The van der Waals surface area contributed by atoms with Crippen LogP contribution in [0.5, 0.6) is 0 Å². The SMILES string of the molecule is CC(C)(C)c1ccc2c(c1)[CH]([Hf]([C]1=C(c3c(F)c(F)c(F)c(F)c3F)C=CC1)=[C](c1ccccc1)c1ccccc1)c1cc(C(C)(C)C)ccc1-2.Cl.Cl. The summed E-state index contributed by atoms with van der Waals surface area (Å²) in [6, 6.07) is 33.5. The predicted molar refractivity (Wildman–Crippen MR) is 209 cm³/mol. The second-order valence-electron chi connectivity index (χ2n) is 15.5. The molecule has 0 bridgehead atoms. The van der Waals surface area contributed by atoms with E-state index in [4.69, 9.17) is 0 Å². The first-order valence-electron chi connectivity index (χ1n) is 17.2. The average molecular weight is 926 g/mol. The molecule has 0 aromatic heterocycles. The van der Waals surface area contributed by atoms with Crippen LogP contribution in [-0.2, 0) is 31.8 Å². The molecule has 0 saturated heterocycles. The molecule has 53 heavy (non-hydrogen) atoms. The topological polar surface area (TPSA) is 0 Å². The molecule has 0 radical (unpaired) electrons. The zero-order chi connectivity index (χ0) is 36.4. The van der Waals surface area contributed by atoms with Gasteiger partial charge in [0, 0.05) is 0 Å². The summed E-state index contributed by atoms with van der Waals surface area (Å²) in [6.45, 7) is 13.1. The Labute approximate surface area is 328 Å². The van der Waals surface area contributed by atoms with Gasteiger partial charge in [0.2, 0.25) is 0 Å². The van der Waals surface area contributed by atoms with Gasteiger partial charge in [-0.1, -0.05) is 0 Å². The van der Waals surface area contributed by atoms with E-state index >= 15 is 8.78 Å². The first-order valence-corrected chi connectivity index (χ1v) is 22.9. The van der Waals surface area contributed by atoms with Gasteiger partial charge in [0.15, 0.2) is 0 Å². The second-order valence-corrected chi connectivity index (χ2v) is 24.5. The zero-order valence-electron chi connectivity index (χ0n) is 30.4. The first kappa shape index (κ1) is 40.7. The van der Waals surface area contributed by atoms with Gasteiger partial charge in [0.25, 0.3) is 0 Å². The molecule has 0 N–H and O–H groups in total. The maximum atomic E-state index is 15.8. The fourth-order valence-corrected chi connectivity index (χ4v) is 21.3. The van der Waals surface area contributed by atoms with E-state index in [1.165, 1.54) is 11.1 Å². The molecule has 0 heterocycles. The average Bonchev–Trinajstić information content (AvgIpc) is 3.71. The third kappa shape index (κ3) is 7.24. The Morgan fingerprint density at radius 2 is 0.981 bits per heavy atom. The van der Waals surface area contributed by atoms with Crippen molar-refractivity contribution in [3.63, 3.8) is 0 Å². The standard InChI is InChI=1S/C21H25.C13H10.C11H4F5.2ClH.Hf/c1-20(2,3)16-7-9-18-14(12-16)11-15-13-17(21(4,5)6)8-10-19(15)18;1-3-7-12(8-4-1)11-13-9-5-2-6-10-13;12-7-6(5-3-1-2-4-5)8(13)10(15)11(16)9(7)14;;;/h7-13H,1-6H3;1-10H;1,3H,2H2;2*1H;. The minimum absolute atomic E-state index is 0. The van der Waals surface area contributed by atoms with E-state index in [1.807, 2.05) is 42.5 Å². The van der Waals surface area contributed by atoms with Crippen LogP contribution in [0.2, 0.25) is 0 Å². The Balaban J connectivity index is 0.00000271. The molecule has 0 fully saturated rings. The van der Waals surface area contributed by atoms with Gasteiger partial charge < -0.3 is 0 Å². The van der Waals surface area contributed by atoms with E-state index in [9.17, 15) is 13.2 Å². The molecule has 274 valence electrons. The van der Waals surface area contributed by atoms with Gasteiger partial charge in [0.1, 0.15) is 0 Å². The van der Waals surface area contributed by atoms with E-state index in [0.29, 0.717) is 6.42 Å². The van der Waals surface area contributed by atoms with E-state index in [-0.39, 0.29) is 44.9 Å². The minimum atomic E-state index is -3.96. The summed E-state index contributed by atoms with van der Waals surface area (Å²) in [5.74, 6) is -9.61. The van der Waals surface area contributed by atoms with Gasteiger partial charge in [-0.25, -0.2) is 0 Å². The maximum Gasteiger partial charge on any atom is -0.147 e.